The predicted octanol–water partition coefficient (Wildman–Crippen LogP) is 3.09. The third-order valence-electron chi connectivity index (χ3n) is 7.22. The van der Waals surface area contributed by atoms with Gasteiger partial charge in [-0.3, -0.25) is 14.5 Å². The molecule has 2 aliphatic rings. The molecule has 2 aromatic carbocycles. The molecule has 2 aromatic heterocycles. The molecule has 2 amide bonds. The molecule has 1 saturated heterocycles. The van der Waals surface area contributed by atoms with Crippen molar-refractivity contribution >= 4 is 17.5 Å². The summed E-state index contributed by atoms with van der Waals surface area (Å²) in [5.41, 5.74) is 1.12. The summed E-state index contributed by atoms with van der Waals surface area (Å²) in [6, 6.07) is 14.6. The van der Waals surface area contributed by atoms with Crippen LogP contribution in [0.2, 0.25) is 0 Å². The van der Waals surface area contributed by atoms with Crippen molar-refractivity contribution in [1.82, 2.24) is 25.5 Å². The average molecular weight is 589 g/mol. The predicted molar refractivity (Wildman–Crippen MR) is 153 cm³/mol. The van der Waals surface area contributed by atoms with Gasteiger partial charge in [-0.05, 0) is 73.5 Å². The Morgan fingerprint density at radius 1 is 1.07 bits per heavy atom. The maximum Gasteiger partial charge on any atom is 0.251 e. The van der Waals surface area contributed by atoms with Crippen LogP contribution in [0.4, 0.5) is 5.69 Å². The summed E-state index contributed by atoms with van der Waals surface area (Å²) in [5, 5.41) is 15.6. The fourth-order valence-electron chi connectivity index (χ4n) is 5.07. The van der Waals surface area contributed by atoms with Crippen LogP contribution in [-0.2, 0) is 20.9 Å². The molecule has 224 valence electrons. The van der Waals surface area contributed by atoms with Crippen LogP contribution in [0.1, 0.15) is 30.4 Å². The summed E-state index contributed by atoms with van der Waals surface area (Å²) >= 11 is 0. The number of aromatic nitrogens is 4. The van der Waals surface area contributed by atoms with Crippen molar-refractivity contribution in [3.8, 4) is 28.6 Å². The minimum Gasteiger partial charge on any atom is -0.497 e. The van der Waals surface area contributed by atoms with Crippen LogP contribution in [0.3, 0.4) is 0 Å². The topological polar surface area (TPSA) is 143 Å². The lowest BCUT2D eigenvalue weighted by Gasteiger charge is -2.31. The number of rotatable bonds is 10. The van der Waals surface area contributed by atoms with Gasteiger partial charge in [-0.2, -0.15) is 4.80 Å². The molecule has 0 radical (unpaired) electrons. The first-order chi connectivity index (χ1) is 21.0. The smallest absolute Gasteiger partial charge is 0.251 e. The highest BCUT2D eigenvalue weighted by molar-refractivity contribution is 6.01. The largest absolute Gasteiger partial charge is 0.497 e. The molecule has 0 unspecified atom stereocenters. The number of carbonyl (C=O) groups excluding carboxylic acids is 2. The van der Waals surface area contributed by atoms with Crippen LogP contribution in [0.5, 0.6) is 17.2 Å². The lowest BCUT2D eigenvalue weighted by molar-refractivity contribution is -0.127. The van der Waals surface area contributed by atoms with Crippen LogP contribution >= 0.6 is 0 Å². The van der Waals surface area contributed by atoms with E-state index < -0.39 is 17.9 Å². The minimum atomic E-state index is -1.14. The SMILES string of the molecule is COc1ccc(-c2nnn(CC(=O)N(c3ccc4c(c3)OCCO4)[C@H](C(=O)NC[C@H]3CCCO3)c3ccc(C)o3)n2)cc1. The Hall–Kier alpha value is -4.91. The van der Waals surface area contributed by atoms with E-state index in [9.17, 15) is 9.59 Å². The van der Waals surface area contributed by atoms with E-state index in [1.807, 2.05) is 0 Å². The van der Waals surface area contributed by atoms with E-state index >= 15 is 0 Å². The van der Waals surface area contributed by atoms with Gasteiger partial charge < -0.3 is 28.7 Å². The lowest BCUT2D eigenvalue weighted by atomic mass is 10.1. The Labute approximate surface area is 247 Å². The first-order valence-electron chi connectivity index (χ1n) is 14.1. The quantitative estimate of drug-likeness (QED) is 0.294. The standard InChI is InChI=1S/C30H32N6O7/c1-19-5-11-25(43-19)28(30(38)31-17-23-4-3-13-40-23)36(21-8-12-24-26(16-21)42-15-14-41-24)27(37)18-35-33-29(32-34-35)20-6-9-22(39-2)10-7-20/h5-12,16,23,28H,3-4,13-15,17-18H2,1-2H3,(H,31,38)/t23-,28+/m1/s1. The number of hydrogen-bond donors (Lipinski definition) is 1. The van der Waals surface area contributed by atoms with Gasteiger partial charge >= 0.3 is 0 Å². The highest BCUT2D eigenvalue weighted by Gasteiger charge is 2.36. The van der Waals surface area contributed by atoms with Crippen LogP contribution in [0, 0.1) is 6.92 Å². The number of hydrogen-bond acceptors (Lipinski definition) is 10. The van der Waals surface area contributed by atoms with Crippen molar-refractivity contribution in [2.24, 2.45) is 0 Å². The number of ether oxygens (including phenoxy) is 4. The molecule has 43 heavy (non-hydrogen) atoms. The van der Waals surface area contributed by atoms with Crippen molar-refractivity contribution in [3.63, 3.8) is 0 Å². The van der Waals surface area contributed by atoms with Crippen LogP contribution < -0.4 is 24.4 Å². The van der Waals surface area contributed by atoms with Gasteiger partial charge in [0.1, 0.15) is 37.0 Å². The molecule has 6 rings (SSSR count). The second-order valence-electron chi connectivity index (χ2n) is 10.2. The van der Waals surface area contributed by atoms with Crippen molar-refractivity contribution < 1.29 is 33.0 Å². The minimum absolute atomic E-state index is 0.0860. The third kappa shape index (κ3) is 6.31. The number of methoxy groups -OCH3 is 1. The number of nitrogens with zero attached hydrogens (tertiary/aromatic N) is 5. The second-order valence-corrected chi connectivity index (χ2v) is 10.2. The summed E-state index contributed by atoms with van der Waals surface area (Å²) in [6.45, 7) is 3.24. The molecule has 2 aliphatic heterocycles. The second kappa shape index (κ2) is 12.5. The summed E-state index contributed by atoms with van der Waals surface area (Å²) in [4.78, 5) is 30.6. The molecule has 13 nitrogen and oxygen atoms in total. The Morgan fingerprint density at radius 3 is 2.60 bits per heavy atom. The lowest BCUT2D eigenvalue weighted by Crippen LogP contribution is -2.46. The average Bonchev–Trinajstić information content (AvgIpc) is 3.81. The number of nitrogens with one attached hydrogen (secondary N) is 1. The number of benzene rings is 2. The number of fused-ring (bicyclic) bond motifs is 1. The number of aryl methyl sites for hydroxylation is 1. The zero-order chi connectivity index (χ0) is 29.8. The van der Waals surface area contributed by atoms with Gasteiger partial charge in [-0.1, -0.05) is 0 Å². The van der Waals surface area contributed by atoms with Crippen LogP contribution in [0.25, 0.3) is 11.4 Å². The molecule has 13 heteroatoms. The van der Waals surface area contributed by atoms with Gasteiger partial charge in [-0.15, -0.1) is 10.2 Å². The third-order valence-corrected chi connectivity index (χ3v) is 7.22. The van der Waals surface area contributed by atoms with E-state index in [1.54, 1.807) is 68.6 Å². The Bertz CT molecular complexity index is 1580. The molecule has 0 bridgehead atoms. The molecule has 2 atom stereocenters. The van der Waals surface area contributed by atoms with E-state index in [-0.39, 0.29) is 12.6 Å². The van der Waals surface area contributed by atoms with E-state index in [2.05, 4.69) is 20.7 Å². The molecule has 1 fully saturated rings. The monoisotopic (exact) mass is 588 g/mol. The summed E-state index contributed by atoms with van der Waals surface area (Å²) in [5.74, 6) is 2.07. The summed E-state index contributed by atoms with van der Waals surface area (Å²) in [7, 11) is 1.59. The van der Waals surface area contributed by atoms with E-state index in [0.717, 1.165) is 12.8 Å². The Balaban J connectivity index is 1.33. The normalized spacial score (nSPS) is 16.5. The number of furan rings is 1. The zero-order valence-corrected chi connectivity index (χ0v) is 23.9. The van der Waals surface area contributed by atoms with Crippen LogP contribution in [0.15, 0.2) is 59.0 Å². The van der Waals surface area contributed by atoms with Gasteiger partial charge in [-0.25, -0.2) is 0 Å². The molecule has 4 aromatic rings. The van der Waals surface area contributed by atoms with Crippen molar-refractivity contribution in [2.75, 3.05) is 38.4 Å². The van der Waals surface area contributed by atoms with Gasteiger partial charge in [0.2, 0.25) is 5.82 Å². The van der Waals surface area contributed by atoms with Gasteiger partial charge in [0.15, 0.2) is 17.5 Å². The molecule has 0 spiro atoms. The summed E-state index contributed by atoms with van der Waals surface area (Å²) in [6.07, 6.45) is 1.70. The van der Waals surface area contributed by atoms with Crippen LogP contribution in [-0.4, -0.2) is 71.6 Å². The maximum atomic E-state index is 14.2. The molecular weight excluding hydrogens is 556 g/mol. The first kappa shape index (κ1) is 28.2. The summed E-state index contributed by atoms with van der Waals surface area (Å²) < 4.78 is 28.3. The number of carbonyl (C=O) groups is 2. The fraction of sp³-hybridized carbons (Fsp3) is 0.367. The van der Waals surface area contributed by atoms with Gasteiger partial charge in [0, 0.05) is 30.5 Å². The maximum absolute atomic E-state index is 14.2. The van der Waals surface area contributed by atoms with Gasteiger partial charge in [0.05, 0.1) is 13.2 Å². The molecule has 1 N–H and O–H groups in total. The molecular formula is C30H32N6O7. The van der Waals surface area contributed by atoms with E-state index in [0.29, 0.717) is 72.2 Å². The Morgan fingerprint density at radius 2 is 1.88 bits per heavy atom. The first-order valence-corrected chi connectivity index (χ1v) is 14.1. The molecule has 4 heterocycles. The number of tetrazole rings is 1. The molecule has 0 saturated carbocycles. The van der Waals surface area contributed by atoms with Gasteiger partial charge in [0.25, 0.3) is 11.8 Å². The Kier molecular flexibility index (Phi) is 8.22. The number of anilines is 1. The van der Waals surface area contributed by atoms with E-state index in [1.165, 1.54) is 9.70 Å². The highest BCUT2D eigenvalue weighted by atomic mass is 16.6. The fourth-order valence-corrected chi connectivity index (χ4v) is 5.07. The molecule has 0 aliphatic carbocycles. The van der Waals surface area contributed by atoms with Crippen molar-refractivity contribution in [3.05, 3.63) is 66.1 Å². The van der Waals surface area contributed by atoms with Crippen molar-refractivity contribution in [1.29, 1.82) is 0 Å². The number of amides is 2. The zero-order valence-electron chi connectivity index (χ0n) is 23.9. The van der Waals surface area contributed by atoms with Crippen molar-refractivity contribution in [2.45, 2.75) is 38.5 Å². The highest BCUT2D eigenvalue weighted by Crippen LogP contribution is 2.37. The van der Waals surface area contributed by atoms with E-state index in [4.69, 9.17) is 23.4 Å².